The molecule has 21 heavy (non-hydrogen) atoms. The second-order valence-electron chi connectivity index (χ2n) is 5.00. The molecule has 6 heteroatoms. The average molecular weight is 287 g/mol. The van der Waals surface area contributed by atoms with Gasteiger partial charge < -0.3 is 10.6 Å². The molecule has 2 aromatic rings. The highest BCUT2D eigenvalue weighted by molar-refractivity contribution is 6.05. The Morgan fingerprint density at radius 3 is 2.67 bits per heavy atom. The normalized spacial score (nSPS) is 10.5. The summed E-state index contributed by atoms with van der Waals surface area (Å²) >= 11 is 0. The van der Waals surface area contributed by atoms with Crippen LogP contribution in [0, 0.1) is 13.8 Å². The summed E-state index contributed by atoms with van der Waals surface area (Å²) in [7, 11) is 1.80. The number of H-pyrrole nitrogens is 1. The first-order valence-corrected chi connectivity index (χ1v) is 7.06. The van der Waals surface area contributed by atoms with Gasteiger partial charge in [0.15, 0.2) is 0 Å². The molecular formula is C15H21N5O. The number of pyridine rings is 1. The number of rotatable bonds is 5. The van der Waals surface area contributed by atoms with Crippen LogP contribution in [-0.4, -0.2) is 28.1 Å². The van der Waals surface area contributed by atoms with Crippen molar-refractivity contribution in [2.45, 2.75) is 33.6 Å². The number of carbonyl (C=O) groups excluding carboxylic acids is 1. The minimum absolute atomic E-state index is 0.154. The highest BCUT2D eigenvalue weighted by atomic mass is 16.1. The van der Waals surface area contributed by atoms with Crippen molar-refractivity contribution in [2.75, 3.05) is 17.7 Å². The minimum atomic E-state index is -0.154. The molecule has 0 unspecified atom stereocenters. The number of hydrogen-bond donors (Lipinski definition) is 3. The molecule has 0 aliphatic carbocycles. The predicted octanol–water partition coefficient (Wildman–Crippen LogP) is 2.67. The van der Waals surface area contributed by atoms with Gasteiger partial charge in [-0.25, -0.2) is 4.98 Å². The molecule has 0 aliphatic rings. The molecular weight excluding hydrogens is 266 g/mol. The number of anilines is 2. The zero-order valence-electron chi connectivity index (χ0n) is 12.9. The van der Waals surface area contributed by atoms with E-state index in [0.717, 1.165) is 35.6 Å². The van der Waals surface area contributed by atoms with Crippen LogP contribution in [0.5, 0.6) is 0 Å². The van der Waals surface area contributed by atoms with Crippen LogP contribution in [0.3, 0.4) is 0 Å². The SMILES string of the molecule is CCCc1cc(C(=O)Nc2c(C)n[nH]c2C)cc(NC)n1. The summed E-state index contributed by atoms with van der Waals surface area (Å²) in [6.07, 6.45) is 1.83. The van der Waals surface area contributed by atoms with E-state index in [-0.39, 0.29) is 5.91 Å². The first-order chi connectivity index (χ1) is 10.0. The Morgan fingerprint density at radius 1 is 1.33 bits per heavy atom. The molecule has 0 radical (unpaired) electrons. The Morgan fingerprint density at radius 2 is 2.10 bits per heavy atom. The summed E-state index contributed by atoms with van der Waals surface area (Å²) in [5.74, 6) is 0.547. The van der Waals surface area contributed by atoms with Crippen LogP contribution in [0.15, 0.2) is 12.1 Å². The van der Waals surface area contributed by atoms with Crippen LogP contribution >= 0.6 is 0 Å². The average Bonchev–Trinajstić information content (AvgIpc) is 2.79. The number of aromatic nitrogens is 3. The zero-order valence-corrected chi connectivity index (χ0v) is 12.9. The monoisotopic (exact) mass is 287 g/mol. The Kier molecular flexibility index (Phi) is 4.57. The van der Waals surface area contributed by atoms with Crippen molar-refractivity contribution < 1.29 is 4.79 Å². The maximum absolute atomic E-state index is 12.4. The number of aryl methyl sites for hydroxylation is 3. The van der Waals surface area contributed by atoms with Gasteiger partial charge in [0.05, 0.1) is 17.1 Å². The molecule has 0 fully saturated rings. The molecule has 0 aromatic carbocycles. The molecule has 2 heterocycles. The van der Waals surface area contributed by atoms with Crippen LogP contribution in [0.25, 0.3) is 0 Å². The Labute approximate surface area is 124 Å². The molecule has 0 bridgehead atoms. The van der Waals surface area contributed by atoms with Crippen LogP contribution in [0.2, 0.25) is 0 Å². The fourth-order valence-electron chi connectivity index (χ4n) is 2.15. The van der Waals surface area contributed by atoms with Gasteiger partial charge in [-0.05, 0) is 32.4 Å². The van der Waals surface area contributed by atoms with Crippen molar-refractivity contribution in [1.29, 1.82) is 0 Å². The van der Waals surface area contributed by atoms with E-state index in [4.69, 9.17) is 0 Å². The molecule has 2 rings (SSSR count). The van der Waals surface area contributed by atoms with E-state index in [9.17, 15) is 4.79 Å². The summed E-state index contributed by atoms with van der Waals surface area (Å²) in [5.41, 5.74) is 3.86. The van der Waals surface area contributed by atoms with E-state index >= 15 is 0 Å². The third kappa shape index (κ3) is 3.39. The molecule has 1 amide bonds. The first-order valence-electron chi connectivity index (χ1n) is 7.06. The summed E-state index contributed by atoms with van der Waals surface area (Å²) in [5, 5.41) is 12.8. The predicted molar refractivity (Wildman–Crippen MR) is 83.8 cm³/mol. The summed E-state index contributed by atoms with van der Waals surface area (Å²) in [4.78, 5) is 16.9. The van der Waals surface area contributed by atoms with Gasteiger partial charge >= 0.3 is 0 Å². The third-order valence-electron chi connectivity index (χ3n) is 3.27. The highest BCUT2D eigenvalue weighted by Crippen LogP contribution is 2.18. The van der Waals surface area contributed by atoms with Crippen molar-refractivity contribution in [3.8, 4) is 0 Å². The van der Waals surface area contributed by atoms with Gasteiger partial charge in [0.25, 0.3) is 5.91 Å². The van der Waals surface area contributed by atoms with Crippen molar-refractivity contribution >= 4 is 17.4 Å². The number of aromatic amines is 1. The van der Waals surface area contributed by atoms with Crippen molar-refractivity contribution in [2.24, 2.45) is 0 Å². The minimum Gasteiger partial charge on any atom is -0.373 e. The molecule has 0 saturated carbocycles. The van der Waals surface area contributed by atoms with E-state index in [0.29, 0.717) is 11.4 Å². The maximum atomic E-state index is 12.4. The number of amides is 1. The highest BCUT2D eigenvalue weighted by Gasteiger charge is 2.13. The first kappa shape index (κ1) is 15.0. The number of nitrogens with one attached hydrogen (secondary N) is 3. The second kappa shape index (κ2) is 6.39. The largest absolute Gasteiger partial charge is 0.373 e. The van der Waals surface area contributed by atoms with E-state index < -0.39 is 0 Å². The Hall–Kier alpha value is -2.37. The fourth-order valence-corrected chi connectivity index (χ4v) is 2.15. The van der Waals surface area contributed by atoms with Gasteiger partial charge in [0, 0.05) is 18.3 Å². The molecule has 0 aliphatic heterocycles. The van der Waals surface area contributed by atoms with Gasteiger partial charge in [-0.1, -0.05) is 13.3 Å². The van der Waals surface area contributed by atoms with Crippen molar-refractivity contribution in [3.05, 3.63) is 34.8 Å². The van der Waals surface area contributed by atoms with Crippen LogP contribution in [0.4, 0.5) is 11.5 Å². The van der Waals surface area contributed by atoms with E-state index in [1.807, 2.05) is 19.9 Å². The van der Waals surface area contributed by atoms with Gasteiger partial charge in [0.2, 0.25) is 0 Å². The summed E-state index contributed by atoms with van der Waals surface area (Å²) in [6.45, 7) is 5.82. The fraction of sp³-hybridized carbons (Fsp3) is 0.400. The number of carbonyl (C=O) groups is 1. The Bertz CT molecular complexity index is 628. The van der Waals surface area contributed by atoms with Gasteiger partial charge in [-0.15, -0.1) is 0 Å². The van der Waals surface area contributed by atoms with E-state index in [2.05, 4.69) is 32.7 Å². The van der Waals surface area contributed by atoms with Crippen LogP contribution < -0.4 is 10.6 Å². The summed E-state index contributed by atoms with van der Waals surface area (Å²) < 4.78 is 0. The lowest BCUT2D eigenvalue weighted by atomic mass is 10.1. The summed E-state index contributed by atoms with van der Waals surface area (Å²) in [6, 6.07) is 3.59. The van der Waals surface area contributed by atoms with Crippen LogP contribution in [-0.2, 0) is 6.42 Å². The molecule has 112 valence electrons. The molecule has 0 spiro atoms. The van der Waals surface area contributed by atoms with Gasteiger partial charge in [-0.2, -0.15) is 5.10 Å². The number of hydrogen-bond acceptors (Lipinski definition) is 4. The van der Waals surface area contributed by atoms with E-state index in [1.165, 1.54) is 0 Å². The topological polar surface area (TPSA) is 82.7 Å². The third-order valence-corrected chi connectivity index (χ3v) is 3.27. The van der Waals surface area contributed by atoms with Crippen molar-refractivity contribution in [3.63, 3.8) is 0 Å². The molecule has 0 saturated heterocycles. The second-order valence-corrected chi connectivity index (χ2v) is 5.00. The molecule has 3 N–H and O–H groups in total. The van der Waals surface area contributed by atoms with Gasteiger partial charge in [-0.3, -0.25) is 9.89 Å². The standard InChI is InChI=1S/C15H21N5O/c1-5-6-12-7-11(8-13(16-4)17-12)15(21)18-14-9(2)19-20-10(14)3/h7-8H,5-6H2,1-4H3,(H,16,17)(H,18,21)(H,19,20). The quantitative estimate of drug-likeness (QED) is 0.789. The van der Waals surface area contributed by atoms with Crippen LogP contribution in [0.1, 0.15) is 40.8 Å². The molecule has 2 aromatic heterocycles. The maximum Gasteiger partial charge on any atom is 0.255 e. The zero-order chi connectivity index (χ0) is 15.4. The van der Waals surface area contributed by atoms with E-state index in [1.54, 1.807) is 13.1 Å². The van der Waals surface area contributed by atoms with Gasteiger partial charge in [0.1, 0.15) is 5.82 Å². The number of nitrogens with zero attached hydrogens (tertiary/aromatic N) is 2. The lowest BCUT2D eigenvalue weighted by Gasteiger charge is -2.09. The molecule has 0 atom stereocenters. The lowest BCUT2D eigenvalue weighted by Crippen LogP contribution is -2.14. The smallest absolute Gasteiger partial charge is 0.255 e. The van der Waals surface area contributed by atoms with Crippen molar-refractivity contribution in [1.82, 2.24) is 15.2 Å². The lowest BCUT2D eigenvalue weighted by molar-refractivity contribution is 0.102. The molecule has 6 nitrogen and oxygen atoms in total. The Balaban J connectivity index is 2.28.